The van der Waals surface area contributed by atoms with Crippen LogP contribution in [0.4, 0.5) is 0 Å². The first kappa shape index (κ1) is 25.8. The molecule has 24 heavy (non-hydrogen) atoms. The fourth-order valence-electron chi connectivity index (χ4n) is 1.96. The van der Waals surface area contributed by atoms with Crippen molar-refractivity contribution < 1.29 is 54.2 Å². The van der Waals surface area contributed by atoms with Gasteiger partial charge in [0.05, 0.1) is 0 Å². The summed E-state index contributed by atoms with van der Waals surface area (Å²) >= 11 is 1.55. The predicted molar refractivity (Wildman–Crippen MR) is 92.7 cm³/mol. The predicted octanol–water partition coefficient (Wildman–Crippen LogP) is -1.24. The quantitative estimate of drug-likeness (QED) is 0.590. The molecule has 0 atom stereocenters. The molecule has 0 spiro atoms. The van der Waals surface area contributed by atoms with Crippen molar-refractivity contribution in [1.29, 1.82) is 0 Å². The molecule has 1 aliphatic carbocycles. The molecule has 130 valence electrons. The Hall–Kier alpha value is -0.397. The van der Waals surface area contributed by atoms with E-state index in [1.165, 1.54) is 19.6 Å². The Morgan fingerprint density at radius 1 is 1.21 bits per heavy atom. The Labute approximate surface area is 173 Å². The Balaban J connectivity index is 0. The third kappa shape index (κ3) is 12.0. The van der Waals surface area contributed by atoms with E-state index in [0.29, 0.717) is 6.61 Å². The SMILES string of the molecule is C[C](C)=[Zr+2].OCCCC1=[C-]CC=C1.[Cl-].[Cl-].c1ccc2[cH-]ccc2c1. The third-order valence-electron chi connectivity index (χ3n) is 2.92. The van der Waals surface area contributed by atoms with E-state index in [2.05, 4.69) is 74.5 Å². The number of hydrogen-bond donors (Lipinski definition) is 1. The van der Waals surface area contributed by atoms with Crippen LogP contribution in [0.1, 0.15) is 33.1 Å². The molecular formula is C20H24Cl2OZr-2. The van der Waals surface area contributed by atoms with E-state index in [-0.39, 0.29) is 24.8 Å². The van der Waals surface area contributed by atoms with Crippen molar-refractivity contribution in [2.75, 3.05) is 6.61 Å². The van der Waals surface area contributed by atoms with Gasteiger partial charge < -0.3 is 29.9 Å². The second-order valence-corrected chi connectivity index (χ2v) is 7.75. The first-order chi connectivity index (χ1) is 10.6. The number of halogens is 2. The monoisotopic (exact) mass is 440 g/mol. The van der Waals surface area contributed by atoms with Gasteiger partial charge in [-0.15, -0.1) is 36.1 Å². The van der Waals surface area contributed by atoms with E-state index in [0.717, 1.165) is 19.3 Å². The van der Waals surface area contributed by atoms with Crippen molar-refractivity contribution in [2.45, 2.75) is 33.1 Å². The van der Waals surface area contributed by atoms with Crippen molar-refractivity contribution in [3.05, 3.63) is 66.3 Å². The normalized spacial score (nSPS) is 11.1. The van der Waals surface area contributed by atoms with E-state index in [4.69, 9.17) is 5.11 Å². The van der Waals surface area contributed by atoms with Gasteiger partial charge in [-0.3, -0.25) is 6.08 Å². The number of aliphatic hydroxyl groups is 1. The first-order valence-electron chi connectivity index (χ1n) is 7.62. The minimum atomic E-state index is 0. The van der Waals surface area contributed by atoms with Crippen molar-refractivity contribution in [2.24, 2.45) is 0 Å². The summed E-state index contributed by atoms with van der Waals surface area (Å²) in [5, 5.41) is 11.1. The molecule has 0 bridgehead atoms. The zero-order chi connectivity index (χ0) is 16.2. The van der Waals surface area contributed by atoms with Gasteiger partial charge >= 0.3 is 41.3 Å². The molecule has 0 amide bonds. The number of rotatable bonds is 3. The van der Waals surface area contributed by atoms with Gasteiger partial charge in [-0.1, -0.05) is 12.5 Å². The standard InChI is InChI=1S/C9H7.C8H11O.C3H6.2ClH.Zr/c1-2-5-9-7-3-6-8(9)4-1;9-7-3-6-8-4-1-2-5-8;1-3-2;;;/h1-7H;1,4,9H,2-3,6-7H2;1-2H3;2*1H;/q2*-1;;;;+2/p-2. The van der Waals surface area contributed by atoms with Gasteiger partial charge in [-0.2, -0.15) is 23.6 Å². The summed E-state index contributed by atoms with van der Waals surface area (Å²) in [5.74, 6) is 0. The van der Waals surface area contributed by atoms with Crippen molar-refractivity contribution in [1.82, 2.24) is 0 Å². The molecule has 0 heterocycles. The molecule has 3 rings (SSSR count). The molecule has 0 aliphatic heterocycles. The maximum Gasteiger partial charge on any atom is 0.0433 e. The van der Waals surface area contributed by atoms with Gasteiger partial charge in [0.1, 0.15) is 0 Å². The summed E-state index contributed by atoms with van der Waals surface area (Å²) in [6.45, 7) is 4.54. The molecule has 0 saturated heterocycles. The number of fused-ring (bicyclic) bond motifs is 1. The molecule has 4 heteroatoms. The van der Waals surface area contributed by atoms with Crippen LogP contribution in [0.25, 0.3) is 10.8 Å². The van der Waals surface area contributed by atoms with Crippen LogP contribution in [0.15, 0.2) is 60.2 Å². The maximum atomic E-state index is 8.46. The van der Waals surface area contributed by atoms with Crippen LogP contribution in [0.3, 0.4) is 0 Å². The fourth-order valence-corrected chi connectivity index (χ4v) is 1.96. The Kier molecular flexibility index (Phi) is 17.3. The van der Waals surface area contributed by atoms with Crippen molar-refractivity contribution >= 4 is 14.0 Å². The molecule has 0 aromatic heterocycles. The summed E-state index contributed by atoms with van der Waals surface area (Å²) in [7, 11) is 0. The van der Waals surface area contributed by atoms with Crippen LogP contribution in [0.2, 0.25) is 0 Å². The number of allylic oxidation sites excluding steroid dienone is 4. The first-order valence-corrected chi connectivity index (χ1v) is 8.85. The van der Waals surface area contributed by atoms with Crippen LogP contribution < -0.4 is 24.8 Å². The maximum absolute atomic E-state index is 8.46. The molecule has 2 aromatic rings. The molecule has 0 saturated carbocycles. The van der Waals surface area contributed by atoms with E-state index < -0.39 is 0 Å². The average Bonchev–Trinajstić information content (AvgIpc) is 3.16. The molecule has 0 fully saturated rings. The van der Waals surface area contributed by atoms with Gasteiger partial charge in [-0.25, -0.2) is 11.6 Å². The van der Waals surface area contributed by atoms with Crippen molar-refractivity contribution in [3.8, 4) is 0 Å². The zero-order valence-electron chi connectivity index (χ0n) is 14.2. The third-order valence-corrected chi connectivity index (χ3v) is 2.92. The van der Waals surface area contributed by atoms with Crippen LogP contribution in [-0.2, 0) is 24.2 Å². The molecular weight excluding hydrogens is 418 g/mol. The van der Waals surface area contributed by atoms with Gasteiger partial charge in [0.25, 0.3) is 0 Å². The van der Waals surface area contributed by atoms with Gasteiger partial charge in [0.15, 0.2) is 0 Å². The second-order valence-electron chi connectivity index (χ2n) is 5.29. The van der Waals surface area contributed by atoms with E-state index in [1.807, 2.05) is 0 Å². The van der Waals surface area contributed by atoms with Gasteiger partial charge in [0, 0.05) is 6.61 Å². The summed E-state index contributed by atoms with van der Waals surface area (Å²) in [6.07, 6.45) is 10.2. The average molecular weight is 443 g/mol. The number of benzene rings is 1. The molecule has 0 unspecified atom stereocenters. The number of aliphatic hydroxyl groups excluding tert-OH is 1. The van der Waals surface area contributed by atoms with Crippen LogP contribution >= 0.6 is 0 Å². The fraction of sp³-hybridized carbons (Fsp3) is 0.300. The Morgan fingerprint density at radius 3 is 2.42 bits per heavy atom. The summed E-state index contributed by atoms with van der Waals surface area (Å²) in [6, 6.07) is 14.7. The summed E-state index contributed by atoms with van der Waals surface area (Å²) in [5.41, 5.74) is 1.25. The van der Waals surface area contributed by atoms with Crippen LogP contribution in [-0.4, -0.2) is 14.9 Å². The van der Waals surface area contributed by atoms with Gasteiger partial charge in [-0.05, 0) is 6.42 Å². The second kappa shape index (κ2) is 16.1. The molecule has 1 N–H and O–H groups in total. The smallest absolute Gasteiger partial charge is 0.0433 e. The van der Waals surface area contributed by atoms with E-state index in [1.54, 1.807) is 24.2 Å². The molecule has 1 aliphatic rings. The van der Waals surface area contributed by atoms with Crippen LogP contribution in [0, 0.1) is 6.08 Å². The van der Waals surface area contributed by atoms with E-state index >= 15 is 0 Å². The zero-order valence-corrected chi connectivity index (χ0v) is 18.2. The molecule has 0 radical (unpaired) electrons. The number of hydrogen-bond acceptors (Lipinski definition) is 1. The minimum Gasteiger partial charge on any atom is -1.00 e. The Morgan fingerprint density at radius 2 is 1.88 bits per heavy atom. The largest absolute Gasteiger partial charge is 1.00 e. The topological polar surface area (TPSA) is 20.2 Å². The van der Waals surface area contributed by atoms with E-state index in [9.17, 15) is 0 Å². The van der Waals surface area contributed by atoms with Crippen molar-refractivity contribution in [3.63, 3.8) is 0 Å². The molecule has 2 aromatic carbocycles. The van der Waals surface area contributed by atoms with Crippen LogP contribution in [0.5, 0.6) is 0 Å². The minimum absolute atomic E-state index is 0. The van der Waals surface area contributed by atoms with Gasteiger partial charge in [0.2, 0.25) is 0 Å². The summed E-state index contributed by atoms with van der Waals surface area (Å²) in [4.78, 5) is 0. The summed E-state index contributed by atoms with van der Waals surface area (Å²) < 4.78 is 1.51. The Bertz CT molecular complexity index is 595. The molecule has 1 nitrogen and oxygen atoms in total.